The molecule has 1 amide bonds. The maximum atomic E-state index is 14.3. The van der Waals surface area contributed by atoms with Gasteiger partial charge in [-0.3, -0.25) is 4.79 Å². The molecule has 0 bridgehead atoms. The fraction of sp³-hybridized carbons (Fsp3) is 0.333. The van der Waals surface area contributed by atoms with Crippen molar-refractivity contribution < 1.29 is 19.4 Å². The highest BCUT2D eigenvalue weighted by atomic mass is 79.9. The average Bonchev–Trinajstić information content (AvgIpc) is 3.59. The molecule has 192 valence electrons. The molecule has 2 atom stereocenters. The number of ether oxygens (including phenoxy) is 2. The monoisotopic (exact) mass is 562 g/mol. The van der Waals surface area contributed by atoms with Gasteiger partial charge in [-0.25, -0.2) is 4.99 Å². The van der Waals surface area contributed by atoms with Crippen molar-refractivity contribution >= 4 is 27.7 Å². The van der Waals surface area contributed by atoms with Crippen molar-refractivity contribution in [3.05, 3.63) is 100 Å². The molecule has 0 unspecified atom stereocenters. The lowest BCUT2D eigenvalue weighted by Gasteiger charge is -2.34. The van der Waals surface area contributed by atoms with Gasteiger partial charge in [0, 0.05) is 48.1 Å². The Morgan fingerprint density at radius 3 is 2.43 bits per heavy atom. The summed E-state index contributed by atoms with van der Waals surface area (Å²) in [7, 11) is 0. The minimum atomic E-state index is -1.14. The minimum Gasteiger partial charge on any atom is -0.494 e. The molecule has 0 radical (unpaired) electrons. The van der Waals surface area contributed by atoms with E-state index in [4.69, 9.17) is 19.6 Å². The number of likely N-dealkylation sites (tertiary alicyclic amines) is 1. The largest absolute Gasteiger partial charge is 0.494 e. The Balaban J connectivity index is 1.58. The summed E-state index contributed by atoms with van der Waals surface area (Å²) in [6.07, 6.45) is 2.42. The van der Waals surface area contributed by atoms with Gasteiger partial charge in [0.2, 0.25) is 5.90 Å². The molecule has 7 heteroatoms. The molecule has 3 aromatic carbocycles. The molecule has 3 aromatic rings. The van der Waals surface area contributed by atoms with Gasteiger partial charge in [0.1, 0.15) is 5.75 Å². The number of hydrogen-bond acceptors (Lipinski definition) is 5. The van der Waals surface area contributed by atoms with Gasteiger partial charge in [0.15, 0.2) is 11.6 Å². The van der Waals surface area contributed by atoms with Crippen molar-refractivity contribution in [1.29, 1.82) is 0 Å². The van der Waals surface area contributed by atoms with E-state index in [2.05, 4.69) is 15.9 Å². The molecule has 0 saturated carbocycles. The Labute approximate surface area is 226 Å². The second-order valence-corrected chi connectivity index (χ2v) is 10.3. The highest BCUT2D eigenvalue weighted by molar-refractivity contribution is 9.10. The van der Waals surface area contributed by atoms with Crippen LogP contribution < -0.4 is 4.74 Å². The van der Waals surface area contributed by atoms with Crippen LogP contribution in [0.4, 0.5) is 0 Å². The lowest BCUT2D eigenvalue weighted by molar-refractivity contribution is -0.138. The Hall–Kier alpha value is -3.16. The normalized spacial score (nSPS) is 21.0. The summed E-state index contributed by atoms with van der Waals surface area (Å²) in [5.74, 6) is 1.17. The summed E-state index contributed by atoms with van der Waals surface area (Å²) in [6.45, 7) is 2.02. The third-order valence-corrected chi connectivity index (χ3v) is 7.63. The van der Waals surface area contributed by atoms with Crippen LogP contribution >= 0.6 is 15.9 Å². The molecule has 2 heterocycles. The summed E-state index contributed by atoms with van der Waals surface area (Å²) < 4.78 is 13.2. The van der Waals surface area contributed by atoms with Crippen LogP contribution in [0, 0.1) is 0 Å². The summed E-state index contributed by atoms with van der Waals surface area (Å²) in [6, 6.07) is 25.5. The summed E-state index contributed by atoms with van der Waals surface area (Å²) >= 11 is 3.70. The van der Waals surface area contributed by atoms with Gasteiger partial charge in [-0.1, -0.05) is 64.5 Å². The molecule has 0 aromatic heterocycles. The fourth-order valence-electron chi connectivity index (χ4n) is 5.03. The molecule has 6 nitrogen and oxygen atoms in total. The van der Waals surface area contributed by atoms with E-state index in [1.54, 1.807) is 0 Å². The molecule has 1 fully saturated rings. The first-order chi connectivity index (χ1) is 18.1. The Bertz CT molecular complexity index is 1240. The number of aliphatic imine (C=N–C) groups is 1. The maximum absolute atomic E-state index is 14.3. The molecular weight excluding hydrogens is 532 g/mol. The second-order valence-electron chi connectivity index (χ2n) is 9.47. The van der Waals surface area contributed by atoms with Crippen LogP contribution in [-0.4, -0.2) is 53.7 Å². The van der Waals surface area contributed by atoms with E-state index in [0.717, 1.165) is 47.1 Å². The van der Waals surface area contributed by atoms with Crippen LogP contribution in [0.15, 0.2) is 88.3 Å². The predicted molar refractivity (Wildman–Crippen MR) is 147 cm³/mol. The first-order valence-corrected chi connectivity index (χ1v) is 13.6. The number of halogens is 1. The molecule has 1 saturated heterocycles. The van der Waals surface area contributed by atoms with Gasteiger partial charge < -0.3 is 19.5 Å². The number of amides is 1. The zero-order chi connectivity index (χ0) is 25.7. The number of carbonyl (C=O) groups excluding carboxylic acids is 1. The fourth-order valence-corrected chi connectivity index (χ4v) is 5.53. The first-order valence-electron chi connectivity index (χ1n) is 12.8. The third-order valence-electron chi connectivity index (χ3n) is 6.90. The third kappa shape index (κ3) is 5.43. The van der Waals surface area contributed by atoms with Crippen molar-refractivity contribution in [2.75, 3.05) is 26.3 Å². The van der Waals surface area contributed by atoms with E-state index in [1.165, 1.54) is 0 Å². The van der Waals surface area contributed by atoms with Crippen LogP contribution in [0.2, 0.25) is 0 Å². The van der Waals surface area contributed by atoms with Gasteiger partial charge in [0.05, 0.1) is 6.61 Å². The van der Waals surface area contributed by atoms with Gasteiger partial charge >= 0.3 is 0 Å². The topological polar surface area (TPSA) is 71.4 Å². The number of aliphatic hydroxyl groups is 1. The maximum Gasteiger partial charge on any atom is 0.255 e. The van der Waals surface area contributed by atoms with E-state index in [-0.39, 0.29) is 12.5 Å². The van der Waals surface area contributed by atoms with Gasteiger partial charge in [-0.15, -0.1) is 0 Å². The molecule has 2 aliphatic rings. The number of hydrogen-bond donors (Lipinski definition) is 1. The molecule has 0 spiro atoms. The quantitative estimate of drug-likeness (QED) is 0.358. The summed E-state index contributed by atoms with van der Waals surface area (Å²) in [5, 5.41) is 9.00. The highest BCUT2D eigenvalue weighted by Crippen LogP contribution is 2.45. The van der Waals surface area contributed by atoms with E-state index >= 15 is 0 Å². The smallest absolute Gasteiger partial charge is 0.255 e. The Kier molecular flexibility index (Phi) is 7.91. The zero-order valence-corrected chi connectivity index (χ0v) is 22.3. The van der Waals surface area contributed by atoms with E-state index in [0.29, 0.717) is 31.1 Å². The van der Waals surface area contributed by atoms with Crippen LogP contribution in [0.5, 0.6) is 5.75 Å². The van der Waals surface area contributed by atoms with Crippen molar-refractivity contribution in [2.45, 2.75) is 37.3 Å². The van der Waals surface area contributed by atoms with E-state index in [9.17, 15) is 4.79 Å². The van der Waals surface area contributed by atoms with Crippen LogP contribution in [0.1, 0.15) is 42.1 Å². The number of benzene rings is 3. The first kappa shape index (κ1) is 25.5. The van der Waals surface area contributed by atoms with Gasteiger partial charge in [0.25, 0.3) is 5.91 Å². The molecule has 1 N–H and O–H groups in total. The number of carbonyl (C=O) groups is 1. The van der Waals surface area contributed by atoms with E-state index in [1.807, 2.05) is 83.8 Å². The van der Waals surface area contributed by atoms with Crippen LogP contribution in [0.3, 0.4) is 0 Å². The number of nitrogens with zero attached hydrogens (tertiary/aromatic N) is 2. The Morgan fingerprint density at radius 2 is 1.73 bits per heavy atom. The number of aliphatic hydroxyl groups excluding tert-OH is 1. The molecule has 5 rings (SSSR count). The van der Waals surface area contributed by atoms with Gasteiger partial charge in [-0.05, 0) is 48.7 Å². The molecule has 37 heavy (non-hydrogen) atoms. The van der Waals surface area contributed by atoms with Crippen molar-refractivity contribution in [1.82, 2.24) is 4.90 Å². The lowest BCUT2D eigenvalue weighted by Crippen LogP contribution is -2.51. The van der Waals surface area contributed by atoms with E-state index < -0.39 is 11.6 Å². The van der Waals surface area contributed by atoms with Crippen molar-refractivity contribution in [3.8, 4) is 5.75 Å². The predicted octanol–water partition coefficient (Wildman–Crippen LogP) is 5.33. The molecule has 2 aliphatic heterocycles. The summed E-state index contributed by atoms with van der Waals surface area (Å²) in [5.41, 5.74) is 1.58. The van der Waals surface area contributed by atoms with Crippen LogP contribution in [-0.2, 0) is 16.0 Å². The average molecular weight is 563 g/mol. The van der Waals surface area contributed by atoms with Crippen molar-refractivity contribution in [2.24, 2.45) is 4.99 Å². The van der Waals surface area contributed by atoms with Gasteiger partial charge in [-0.2, -0.15) is 0 Å². The van der Waals surface area contributed by atoms with Crippen LogP contribution in [0.25, 0.3) is 0 Å². The molecule has 0 aliphatic carbocycles. The highest BCUT2D eigenvalue weighted by Gasteiger charge is 2.55. The number of rotatable bonds is 9. The lowest BCUT2D eigenvalue weighted by atomic mass is 9.81. The standard InChI is InChI=1S/C30H31BrN2O4/c31-26-12-5-4-11-25(26)27-30(21-22-9-2-1-3-10-22,29(35)33-17-6-7-18-33)32-28(37-27)23-13-15-24(16-14-23)36-20-8-19-34/h1-5,9-16,27,34H,6-8,17-21H2/t27-,30-/m1/s1. The summed E-state index contributed by atoms with van der Waals surface area (Å²) in [4.78, 5) is 21.4. The zero-order valence-electron chi connectivity index (χ0n) is 20.7. The van der Waals surface area contributed by atoms with Crippen molar-refractivity contribution in [3.63, 3.8) is 0 Å². The second kappa shape index (κ2) is 11.5. The molecular formula is C30H31BrN2O4. The minimum absolute atomic E-state index is 0.00793. The Morgan fingerprint density at radius 1 is 1.03 bits per heavy atom. The SMILES string of the molecule is O=C(N1CCCC1)[C@]1(Cc2ccccc2)N=C(c2ccc(OCCCO)cc2)O[C@@H]1c1ccccc1Br.